The second-order valence-corrected chi connectivity index (χ2v) is 4.25. The molecule has 0 aromatic carbocycles. The number of aliphatic hydroxyl groups excluding tert-OH is 1. The van der Waals surface area contributed by atoms with E-state index in [4.69, 9.17) is 5.11 Å². The van der Waals surface area contributed by atoms with E-state index in [1.807, 2.05) is 0 Å². The summed E-state index contributed by atoms with van der Waals surface area (Å²) in [6.45, 7) is 0.926. The van der Waals surface area contributed by atoms with E-state index in [1.54, 1.807) is 12.1 Å². The molecule has 0 atom stereocenters. The number of piperazine rings is 1. The van der Waals surface area contributed by atoms with Crippen LogP contribution in [0, 0.1) is 11.8 Å². The number of carbonyl (C=O) groups is 2. The van der Waals surface area contributed by atoms with Crippen molar-refractivity contribution in [3.8, 4) is 11.8 Å². The molecule has 1 aromatic heterocycles. The van der Waals surface area contributed by atoms with E-state index >= 15 is 0 Å². The highest BCUT2D eigenvalue weighted by molar-refractivity contribution is 5.97. The van der Waals surface area contributed by atoms with Gasteiger partial charge in [-0.25, -0.2) is 4.98 Å². The van der Waals surface area contributed by atoms with Crippen LogP contribution in [0.25, 0.3) is 0 Å². The van der Waals surface area contributed by atoms with E-state index in [0.29, 0.717) is 25.1 Å². The molecule has 0 unspecified atom stereocenters. The van der Waals surface area contributed by atoms with Gasteiger partial charge in [-0.05, 0) is 12.1 Å². The number of hydrogen-bond donors (Lipinski definition) is 2. The number of nitrogens with one attached hydrogen (secondary N) is 1. The van der Waals surface area contributed by atoms with Crippen molar-refractivity contribution in [2.24, 2.45) is 0 Å². The molecule has 0 spiro atoms. The monoisotopic (exact) mass is 273 g/mol. The third-order valence-electron chi connectivity index (χ3n) is 2.80. The Kier molecular flexibility index (Phi) is 4.69. The quantitative estimate of drug-likeness (QED) is 0.704. The molecule has 1 fully saturated rings. The normalized spacial score (nSPS) is 14.2. The van der Waals surface area contributed by atoms with Crippen LogP contribution < -0.4 is 5.32 Å². The Bertz CT molecular complexity index is 575. The fourth-order valence-electron chi connectivity index (χ4n) is 1.85. The molecular weight excluding hydrogens is 258 g/mol. The van der Waals surface area contributed by atoms with Crippen LogP contribution in [0.3, 0.4) is 0 Å². The molecule has 2 rings (SSSR count). The summed E-state index contributed by atoms with van der Waals surface area (Å²) in [5.41, 5.74) is 0.754. The largest absolute Gasteiger partial charge is 0.395 e. The molecule has 6 nitrogen and oxygen atoms in total. The smallest absolute Gasteiger partial charge is 0.274 e. The van der Waals surface area contributed by atoms with Crippen LogP contribution in [0.15, 0.2) is 18.3 Å². The first-order valence-electron chi connectivity index (χ1n) is 6.33. The number of rotatable bonds is 2. The molecule has 2 heterocycles. The molecule has 1 saturated heterocycles. The first-order valence-corrected chi connectivity index (χ1v) is 6.33. The van der Waals surface area contributed by atoms with Crippen LogP contribution in [0.4, 0.5) is 0 Å². The summed E-state index contributed by atoms with van der Waals surface area (Å²) in [7, 11) is 0. The lowest BCUT2D eigenvalue weighted by Crippen LogP contribution is -2.50. The zero-order valence-corrected chi connectivity index (χ0v) is 10.9. The summed E-state index contributed by atoms with van der Waals surface area (Å²) in [5, 5.41) is 11.4. The molecule has 0 aliphatic carbocycles. The average molecular weight is 273 g/mol. The molecule has 2 N–H and O–H groups in total. The lowest BCUT2D eigenvalue weighted by Gasteiger charge is -2.26. The number of amides is 2. The number of hydrogen-bond acceptors (Lipinski definition) is 4. The zero-order chi connectivity index (χ0) is 14.4. The first-order chi connectivity index (χ1) is 9.72. The first kappa shape index (κ1) is 14.0. The van der Waals surface area contributed by atoms with Crippen LogP contribution in [0.5, 0.6) is 0 Å². The van der Waals surface area contributed by atoms with Gasteiger partial charge in [0.25, 0.3) is 5.91 Å². The van der Waals surface area contributed by atoms with Gasteiger partial charge in [-0.3, -0.25) is 9.59 Å². The Hall–Kier alpha value is -2.39. The van der Waals surface area contributed by atoms with Crippen LogP contribution in [-0.4, -0.2) is 53.0 Å². The van der Waals surface area contributed by atoms with Crippen LogP contribution in [-0.2, 0) is 4.79 Å². The molecular formula is C14H15N3O3. The van der Waals surface area contributed by atoms with E-state index in [1.165, 1.54) is 11.1 Å². The maximum absolute atomic E-state index is 12.4. The van der Waals surface area contributed by atoms with E-state index in [9.17, 15) is 9.59 Å². The zero-order valence-electron chi connectivity index (χ0n) is 10.9. The van der Waals surface area contributed by atoms with Crippen LogP contribution in [0.2, 0.25) is 0 Å². The molecule has 0 radical (unpaired) electrons. The minimum absolute atomic E-state index is 0.0250. The van der Waals surface area contributed by atoms with E-state index in [-0.39, 0.29) is 30.7 Å². The third kappa shape index (κ3) is 3.33. The minimum atomic E-state index is -0.297. The van der Waals surface area contributed by atoms with E-state index in [0.717, 1.165) is 0 Å². The molecule has 20 heavy (non-hydrogen) atoms. The van der Waals surface area contributed by atoms with Gasteiger partial charge in [0.1, 0.15) is 5.69 Å². The van der Waals surface area contributed by atoms with Crippen LogP contribution >= 0.6 is 0 Å². The Labute approximate surface area is 116 Å². The number of pyridine rings is 1. The molecule has 0 saturated carbocycles. The van der Waals surface area contributed by atoms with Gasteiger partial charge in [0, 0.05) is 25.7 Å². The van der Waals surface area contributed by atoms with Crippen molar-refractivity contribution in [1.82, 2.24) is 15.2 Å². The Balaban J connectivity index is 2.21. The van der Waals surface area contributed by atoms with Crippen molar-refractivity contribution in [3.63, 3.8) is 0 Å². The Morgan fingerprint density at radius 3 is 3.15 bits per heavy atom. The second-order valence-electron chi connectivity index (χ2n) is 4.25. The average Bonchev–Trinajstić information content (AvgIpc) is 2.47. The summed E-state index contributed by atoms with van der Waals surface area (Å²) >= 11 is 0. The fraction of sp³-hybridized carbons (Fsp3) is 0.357. The van der Waals surface area contributed by atoms with Crippen molar-refractivity contribution in [3.05, 3.63) is 29.6 Å². The third-order valence-corrected chi connectivity index (χ3v) is 2.80. The molecule has 1 aliphatic rings. The van der Waals surface area contributed by atoms with Crippen molar-refractivity contribution < 1.29 is 14.7 Å². The Morgan fingerprint density at radius 1 is 1.55 bits per heavy atom. The predicted molar refractivity (Wildman–Crippen MR) is 71.7 cm³/mol. The molecule has 1 aliphatic heterocycles. The lowest BCUT2D eigenvalue weighted by atomic mass is 10.1. The summed E-state index contributed by atoms with van der Waals surface area (Å²) in [6, 6.07) is 3.40. The topological polar surface area (TPSA) is 82.5 Å². The van der Waals surface area contributed by atoms with Gasteiger partial charge in [-0.15, -0.1) is 0 Å². The molecule has 6 heteroatoms. The number of aromatic nitrogens is 1. The summed E-state index contributed by atoms with van der Waals surface area (Å²) in [4.78, 5) is 29.2. The van der Waals surface area contributed by atoms with Gasteiger partial charge >= 0.3 is 0 Å². The summed E-state index contributed by atoms with van der Waals surface area (Å²) < 4.78 is 0. The summed E-state index contributed by atoms with van der Waals surface area (Å²) in [6.07, 6.45) is 1.86. The number of nitrogens with zero attached hydrogens (tertiary/aromatic N) is 2. The van der Waals surface area contributed by atoms with Crippen LogP contribution in [0.1, 0.15) is 22.5 Å². The highest BCUT2D eigenvalue weighted by Gasteiger charge is 2.24. The van der Waals surface area contributed by atoms with Gasteiger partial charge in [0.05, 0.1) is 18.7 Å². The van der Waals surface area contributed by atoms with Gasteiger partial charge in [-0.2, -0.15) is 0 Å². The van der Waals surface area contributed by atoms with Gasteiger partial charge in [0.2, 0.25) is 5.91 Å². The van der Waals surface area contributed by atoms with Crippen molar-refractivity contribution in [2.45, 2.75) is 6.42 Å². The highest BCUT2D eigenvalue weighted by atomic mass is 16.2. The highest BCUT2D eigenvalue weighted by Crippen LogP contribution is 2.09. The summed E-state index contributed by atoms with van der Waals surface area (Å²) in [5.74, 6) is 5.12. The van der Waals surface area contributed by atoms with Crippen molar-refractivity contribution >= 4 is 11.8 Å². The van der Waals surface area contributed by atoms with Gasteiger partial charge in [0.15, 0.2) is 0 Å². The molecule has 104 valence electrons. The van der Waals surface area contributed by atoms with Gasteiger partial charge < -0.3 is 15.3 Å². The predicted octanol–water partition coefficient (Wildman–Crippen LogP) is -0.613. The van der Waals surface area contributed by atoms with Gasteiger partial charge in [-0.1, -0.05) is 11.8 Å². The lowest BCUT2D eigenvalue weighted by molar-refractivity contribution is -0.123. The maximum atomic E-state index is 12.4. The standard InChI is InChI=1S/C14H15N3O3/c18-9-2-1-4-11-5-3-6-16-13(11)14(20)17-8-7-15-12(19)10-17/h3,5-6,18H,2,7-10H2,(H,15,19). The SMILES string of the molecule is O=C1CN(C(=O)c2ncccc2C#CCCO)CCN1. The number of aliphatic hydroxyl groups is 1. The fourth-order valence-corrected chi connectivity index (χ4v) is 1.85. The van der Waals surface area contributed by atoms with E-state index in [2.05, 4.69) is 22.1 Å². The minimum Gasteiger partial charge on any atom is -0.395 e. The Morgan fingerprint density at radius 2 is 2.40 bits per heavy atom. The molecule has 1 aromatic rings. The maximum Gasteiger partial charge on any atom is 0.274 e. The second kappa shape index (κ2) is 6.68. The van der Waals surface area contributed by atoms with E-state index < -0.39 is 0 Å². The van der Waals surface area contributed by atoms with Crippen molar-refractivity contribution in [2.75, 3.05) is 26.2 Å². The number of carbonyl (C=O) groups excluding carboxylic acids is 2. The van der Waals surface area contributed by atoms with Crippen molar-refractivity contribution in [1.29, 1.82) is 0 Å². The molecule has 2 amide bonds. The molecule has 0 bridgehead atoms.